The van der Waals surface area contributed by atoms with Crippen LogP contribution in [0.1, 0.15) is 79.0 Å². The standard InChI is InChI=1S/C27H30N4O2.C16H15N3.C11H19NO3/c1-27(2,3)33-26(32)31-15-13-19(14-16-31)24-29-23-12-11-22(28-25(23)30(24)4)21-10-9-18-7-5-6-8-20(18)17-21;1-18-16-14(17)8-9-15(19-16)13-7-6-11-4-2-3-5-12(11)10-13;1-11(2,3)15-10(14)12-6-4-9(8-13)5-7-12/h5-12,17,19H,13-16H2,1-4H3;2-10H,17H2,1H3,(H,18,19);8-9H,4-7H2,1-3H3. The maximum absolute atomic E-state index is 12.4. The molecular formula is C54H64N8O5. The Kier molecular flexibility index (Phi) is 14.8. The van der Waals surface area contributed by atoms with Gasteiger partial charge in [-0.2, -0.15) is 0 Å². The molecule has 7 aromatic rings. The maximum atomic E-state index is 12.4. The number of fused-ring (bicyclic) bond motifs is 3. The zero-order valence-electron chi connectivity index (χ0n) is 40.1. The highest BCUT2D eigenvalue weighted by Crippen LogP contribution is 2.32. The number of likely N-dealkylation sites (tertiary alicyclic amines) is 2. The number of nitrogens with one attached hydrogen (secondary N) is 1. The summed E-state index contributed by atoms with van der Waals surface area (Å²) in [5.74, 6) is 2.17. The van der Waals surface area contributed by atoms with Crippen LogP contribution in [-0.4, -0.2) is 92.2 Å². The average Bonchev–Trinajstić information content (AvgIpc) is 3.65. The van der Waals surface area contributed by atoms with Crippen LogP contribution in [0.15, 0.2) is 109 Å². The molecule has 9 rings (SSSR count). The number of aryl methyl sites for hydroxylation is 1. The summed E-state index contributed by atoms with van der Waals surface area (Å²) in [6.07, 6.45) is 3.72. The van der Waals surface area contributed by atoms with Crippen molar-refractivity contribution in [3.05, 3.63) is 115 Å². The van der Waals surface area contributed by atoms with E-state index >= 15 is 0 Å². The largest absolute Gasteiger partial charge is 0.444 e. The van der Waals surface area contributed by atoms with Crippen LogP contribution in [0, 0.1) is 5.92 Å². The Morgan fingerprint density at radius 3 is 1.61 bits per heavy atom. The predicted octanol–water partition coefficient (Wildman–Crippen LogP) is 11.3. The molecule has 0 saturated carbocycles. The molecule has 2 fully saturated rings. The molecule has 2 aliphatic heterocycles. The molecule has 0 bridgehead atoms. The second-order valence-electron chi connectivity index (χ2n) is 19.3. The molecule has 13 nitrogen and oxygen atoms in total. The summed E-state index contributed by atoms with van der Waals surface area (Å²) in [6, 6.07) is 37.4. The molecule has 0 atom stereocenters. The average molecular weight is 905 g/mol. The summed E-state index contributed by atoms with van der Waals surface area (Å²) >= 11 is 0. The van der Waals surface area contributed by atoms with Crippen LogP contribution in [0.25, 0.3) is 55.2 Å². The van der Waals surface area contributed by atoms with Gasteiger partial charge in [-0.3, -0.25) is 0 Å². The van der Waals surface area contributed by atoms with Gasteiger partial charge in [0, 0.05) is 63.2 Å². The zero-order chi connectivity index (χ0) is 47.9. The second-order valence-corrected chi connectivity index (χ2v) is 19.3. The molecule has 3 N–H and O–H groups in total. The zero-order valence-corrected chi connectivity index (χ0v) is 40.1. The number of nitrogen functional groups attached to an aromatic ring is 1. The first-order valence-electron chi connectivity index (χ1n) is 23.2. The monoisotopic (exact) mass is 904 g/mol. The number of hydrogen-bond donors (Lipinski definition) is 2. The number of carbonyl (C=O) groups excluding carboxylic acids is 3. The van der Waals surface area contributed by atoms with Gasteiger partial charge in [0.15, 0.2) is 5.65 Å². The van der Waals surface area contributed by atoms with Crippen molar-refractivity contribution < 1.29 is 23.9 Å². The smallest absolute Gasteiger partial charge is 0.410 e. The number of anilines is 2. The Bertz CT molecular complexity index is 2850. The number of imidazole rings is 1. The van der Waals surface area contributed by atoms with Gasteiger partial charge in [-0.25, -0.2) is 24.5 Å². The van der Waals surface area contributed by atoms with E-state index in [1.54, 1.807) is 9.80 Å². The number of nitrogens with zero attached hydrogens (tertiary/aromatic N) is 6. The van der Waals surface area contributed by atoms with Crippen LogP contribution in [0.3, 0.4) is 0 Å². The lowest BCUT2D eigenvalue weighted by Crippen LogP contribution is -2.41. The molecule has 0 spiro atoms. The minimum Gasteiger partial charge on any atom is -0.444 e. The van der Waals surface area contributed by atoms with Crippen LogP contribution < -0.4 is 11.1 Å². The van der Waals surface area contributed by atoms with Gasteiger partial charge in [-0.05, 0) is 125 Å². The van der Waals surface area contributed by atoms with Crippen molar-refractivity contribution >= 4 is 62.7 Å². The molecule has 67 heavy (non-hydrogen) atoms. The normalized spacial score (nSPS) is 14.7. The van der Waals surface area contributed by atoms with E-state index in [4.69, 9.17) is 25.2 Å². The lowest BCUT2D eigenvalue weighted by Gasteiger charge is -2.33. The molecule has 0 radical (unpaired) electrons. The van der Waals surface area contributed by atoms with Gasteiger partial charge in [0.25, 0.3) is 0 Å². The predicted molar refractivity (Wildman–Crippen MR) is 269 cm³/mol. The number of aromatic nitrogens is 4. The van der Waals surface area contributed by atoms with E-state index < -0.39 is 11.2 Å². The van der Waals surface area contributed by atoms with Gasteiger partial charge < -0.3 is 39.7 Å². The van der Waals surface area contributed by atoms with Crippen LogP contribution in [0.5, 0.6) is 0 Å². The molecule has 2 amide bonds. The van der Waals surface area contributed by atoms with E-state index in [0.29, 0.717) is 43.6 Å². The van der Waals surface area contributed by atoms with Crippen molar-refractivity contribution in [3.8, 4) is 22.5 Å². The highest BCUT2D eigenvalue weighted by atomic mass is 16.6. The van der Waals surface area contributed by atoms with Crippen molar-refractivity contribution in [2.75, 3.05) is 44.3 Å². The first kappa shape index (κ1) is 47.9. The lowest BCUT2D eigenvalue weighted by atomic mass is 9.96. The second kappa shape index (κ2) is 20.7. The number of aldehydes is 1. The van der Waals surface area contributed by atoms with E-state index in [-0.39, 0.29) is 18.1 Å². The third-order valence-electron chi connectivity index (χ3n) is 11.9. The van der Waals surface area contributed by atoms with Crippen molar-refractivity contribution in [1.29, 1.82) is 0 Å². The summed E-state index contributed by atoms with van der Waals surface area (Å²) in [7, 11) is 3.87. The third kappa shape index (κ3) is 12.3. The number of hydrogen-bond acceptors (Lipinski definition) is 10. The molecule has 0 aliphatic carbocycles. The van der Waals surface area contributed by atoms with Gasteiger partial charge in [0.05, 0.1) is 17.1 Å². The van der Waals surface area contributed by atoms with Gasteiger partial charge in [-0.15, -0.1) is 0 Å². The Morgan fingerprint density at radius 1 is 0.642 bits per heavy atom. The number of nitrogens with two attached hydrogens (primary N) is 1. The summed E-state index contributed by atoms with van der Waals surface area (Å²) in [5, 5.41) is 7.88. The highest BCUT2D eigenvalue weighted by molar-refractivity contribution is 5.88. The van der Waals surface area contributed by atoms with Crippen LogP contribution >= 0.6 is 0 Å². The van der Waals surface area contributed by atoms with E-state index in [1.165, 1.54) is 21.5 Å². The number of ether oxygens (including phenoxy) is 2. The summed E-state index contributed by atoms with van der Waals surface area (Å²) in [4.78, 5) is 52.4. The van der Waals surface area contributed by atoms with E-state index in [1.807, 2.05) is 86.0 Å². The number of pyridine rings is 2. The first-order chi connectivity index (χ1) is 32.0. The number of benzene rings is 4. The van der Waals surface area contributed by atoms with Crippen LogP contribution in [0.2, 0.25) is 0 Å². The van der Waals surface area contributed by atoms with Crippen LogP contribution in [0.4, 0.5) is 21.1 Å². The van der Waals surface area contributed by atoms with Gasteiger partial charge in [-0.1, -0.05) is 72.8 Å². The minimum absolute atomic E-state index is 0.115. The van der Waals surface area contributed by atoms with Gasteiger partial charge in [0.1, 0.15) is 34.6 Å². The van der Waals surface area contributed by atoms with Crippen molar-refractivity contribution in [1.82, 2.24) is 29.3 Å². The number of amides is 2. The van der Waals surface area contributed by atoms with Crippen molar-refractivity contribution in [3.63, 3.8) is 0 Å². The fourth-order valence-corrected chi connectivity index (χ4v) is 8.33. The number of rotatable bonds is 5. The molecule has 13 heteroatoms. The SMILES string of the molecule is CC(C)(C)OC(=O)N1CCC(C=O)CC1.CNc1nc(-c2ccc3ccccc3c2)ccc1N.Cn1c(C2CCN(C(=O)OC(C)(C)C)CC2)nc2ccc(-c3ccc4ccccc4c3)nc21. The van der Waals surface area contributed by atoms with E-state index in [0.717, 1.165) is 71.5 Å². The molecule has 5 heterocycles. The molecule has 2 saturated heterocycles. The summed E-state index contributed by atoms with van der Waals surface area (Å²) in [5.41, 5.74) is 11.4. The quantitative estimate of drug-likeness (QED) is 0.159. The highest BCUT2D eigenvalue weighted by Gasteiger charge is 2.30. The third-order valence-corrected chi connectivity index (χ3v) is 11.9. The summed E-state index contributed by atoms with van der Waals surface area (Å²) in [6.45, 7) is 13.9. The van der Waals surface area contributed by atoms with Crippen LogP contribution in [-0.2, 0) is 21.3 Å². The Labute approximate surface area is 393 Å². The molecule has 3 aromatic heterocycles. The van der Waals surface area contributed by atoms with Crippen molar-refractivity contribution in [2.45, 2.75) is 84.3 Å². The molecule has 350 valence electrons. The fourth-order valence-electron chi connectivity index (χ4n) is 8.33. The Morgan fingerprint density at radius 2 is 1.12 bits per heavy atom. The van der Waals surface area contributed by atoms with Gasteiger partial charge >= 0.3 is 12.2 Å². The van der Waals surface area contributed by atoms with Crippen molar-refractivity contribution in [2.24, 2.45) is 13.0 Å². The van der Waals surface area contributed by atoms with Gasteiger partial charge in [0.2, 0.25) is 0 Å². The molecule has 4 aromatic carbocycles. The minimum atomic E-state index is -0.472. The number of piperidine rings is 2. The Hall–Kier alpha value is -7.02. The molecule has 0 unspecified atom stereocenters. The number of carbonyl (C=O) groups is 3. The first-order valence-corrected chi connectivity index (χ1v) is 23.2. The van der Waals surface area contributed by atoms with E-state index in [9.17, 15) is 14.4 Å². The Balaban J connectivity index is 0.000000166. The maximum Gasteiger partial charge on any atom is 0.410 e. The lowest BCUT2D eigenvalue weighted by molar-refractivity contribution is -0.112. The molecular weight excluding hydrogens is 841 g/mol. The fraction of sp³-hybridized carbons (Fsp3) is 0.370. The topological polar surface area (TPSA) is 158 Å². The van der Waals surface area contributed by atoms with E-state index in [2.05, 4.69) is 93.7 Å². The summed E-state index contributed by atoms with van der Waals surface area (Å²) < 4.78 is 12.9. The molecule has 2 aliphatic rings.